The van der Waals surface area contributed by atoms with Gasteiger partial charge >= 0.3 is 5.97 Å². The lowest BCUT2D eigenvalue weighted by Gasteiger charge is -2.54. The zero-order valence-electron chi connectivity index (χ0n) is 15.8. The molecule has 4 aliphatic carbocycles. The van der Waals surface area contributed by atoms with Crippen molar-refractivity contribution in [3.8, 4) is 0 Å². The van der Waals surface area contributed by atoms with Crippen molar-refractivity contribution in [3.63, 3.8) is 0 Å². The van der Waals surface area contributed by atoms with Crippen LogP contribution in [0.15, 0.2) is 0 Å². The Hall–Kier alpha value is -1.08. The summed E-state index contributed by atoms with van der Waals surface area (Å²) in [5, 5.41) is 4.30. The summed E-state index contributed by atoms with van der Waals surface area (Å²) in [5.41, 5.74) is 1.16. The fourth-order valence-electron chi connectivity index (χ4n) is 7.12. The maximum absolute atomic E-state index is 12.1. The molecule has 5 rings (SSSR count). The first-order chi connectivity index (χ1) is 13.0. The molecule has 0 radical (unpaired) electrons. The van der Waals surface area contributed by atoms with E-state index >= 15 is 0 Å². The first-order valence-electron chi connectivity index (χ1n) is 10.2. The van der Waals surface area contributed by atoms with Crippen LogP contribution < -0.4 is 0 Å². The predicted molar refractivity (Wildman–Crippen MR) is 105 cm³/mol. The van der Waals surface area contributed by atoms with Crippen LogP contribution in [0.2, 0.25) is 0 Å². The summed E-state index contributed by atoms with van der Waals surface area (Å²) >= 11 is 2.10. The van der Waals surface area contributed by atoms with Crippen molar-refractivity contribution < 1.29 is 13.7 Å². The fraction of sp³-hybridized carbons (Fsp3) is 0.800. The minimum atomic E-state index is -0.149. The van der Waals surface area contributed by atoms with Gasteiger partial charge in [0.15, 0.2) is 0 Å². The van der Waals surface area contributed by atoms with Gasteiger partial charge in [-0.1, -0.05) is 11.4 Å². The normalized spacial score (nSPS) is 42.5. The summed E-state index contributed by atoms with van der Waals surface area (Å²) in [4.78, 5) is 13.7. The van der Waals surface area contributed by atoms with Crippen LogP contribution in [0.4, 0.5) is 0 Å². The van der Waals surface area contributed by atoms with Gasteiger partial charge in [0, 0.05) is 18.3 Å². The van der Waals surface area contributed by atoms with Crippen molar-refractivity contribution in [2.75, 3.05) is 0 Å². The number of carbonyl (C=O) groups excluding carboxylic acids is 1. The van der Waals surface area contributed by atoms with Crippen LogP contribution in [0, 0.1) is 35.0 Å². The Kier molecular flexibility index (Phi) is 4.31. The Balaban J connectivity index is 1.47. The molecule has 1 aromatic heterocycles. The number of carbonyl (C=O) groups is 1. The van der Waals surface area contributed by atoms with Gasteiger partial charge < -0.3 is 4.74 Å². The van der Waals surface area contributed by atoms with Crippen LogP contribution in [0.1, 0.15) is 62.9 Å². The maximum Gasteiger partial charge on any atom is 0.302 e. The lowest BCUT2D eigenvalue weighted by Crippen LogP contribution is -2.52. The second kappa shape index (κ2) is 6.48. The highest BCUT2D eigenvalue weighted by atomic mass is 32.1. The van der Waals surface area contributed by atoms with Gasteiger partial charge in [-0.25, -0.2) is 4.21 Å². The molecule has 1 heterocycles. The standard InChI is InChI=1S/C20H26N2O3S2/c1-10(23)25-16-6-5-14-12-4-3-11-9-15-18(26-22-21-15)19(27-24)17(11)13(12)7-8-20(14,16)2/h11-14,16-17H,3-9H2,1-2H3/t11-,12+,13-,14-,16-,17-,20-/m0/s1. The third kappa shape index (κ3) is 2.60. The third-order valence-corrected chi connectivity index (χ3v) is 9.77. The Bertz CT molecular complexity index is 833. The first-order valence-corrected chi connectivity index (χ1v) is 11.7. The molecule has 0 aromatic carbocycles. The molecule has 27 heavy (non-hydrogen) atoms. The van der Waals surface area contributed by atoms with Crippen molar-refractivity contribution in [1.82, 2.24) is 9.59 Å². The van der Waals surface area contributed by atoms with Crippen molar-refractivity contribution >= 4 is 33.6 Å². The maximum atomic E-state index is 12.1. The third-order valence-electron chi connectivity index (χ3n) is 8.18. The molecule has 0 bridgehead atoms. The van der Waals surface area contributed by atoms with E-state index in [-0.39, 0.29) is 17.5 Å². The number of fused-ring (bicyclic) bond motifs is 6. The highest BCUT2D eigenvalue weighted by molar-refractivity contribution is 7.67. The summed E-state index contributed by atoms with van der Waals surface area (Å²) in [6.07, 6.45) is 7.86. The summed E-state index contributed by atoms with van der Waals surface area (Å²) in [7, 11) is 0. The topological polar surface area (TPSA) is 69.2 Å². The van der Waals surface area contributed by atoms with Crippen molar-refractivity contribution in [1.29, 1.82) is 0 Å². The monoisotopic (exact) mass is 406 g/mol. The second-order valence-corrected chi connectivity index (χ2v) is 10.6. The van der Waals surface area contributed by atoms with Crippen LogP contribution in [0.25, 0.3) is 0 Å². The van der Waals surface area contributed by atoms with E-state index in [1.54, 1.807) is 0 Å². The summed E-state index contributed by atoms with van der Waals surface area (Å²) < 4.78 is 22.0. The molecule has 1 aromatic rings. The molecule has 0 amide bonds. The van der Waals surface area contributed by atoms with E-state index in [0.717, 1.165) is 47.5 Å². The molecule has 3 saturated carbocycles. The lowest BCUT2D eigenvalue weighted by molar-refractivity contribution is -0.156. The van der Waals surface area contributed by atoms with Crippen LogP contribution in [0.5, 0.6) is 0 Å². The molecule has 7 atom stereocenters. The van der Waals surface area contributed by atoms with E-state index in [1.165, 1.54) is 31.3 Å². The number of hydrogen-bond acceptors (Lipinski definition) is 6. The van der Waals surface area contributed by atoms with E-state index in [1.807, 2.05) is 0 Å². The van der Waals surface area contributed by atoms with Gasteiger partial charge in [0.05, 0.1) is 26.7 Å². The minimum absolute atomic E-state index is 0.0691. The fourth-order valence-corrected chi connectivity index (χ4v) is 8.68. The van der Waals surface area contributed by atoms with Gasteiger partial charge in [0.2, 0.25) is 0 Å². The molecule has 5 nitrogen and oxygen atoms in total. The van der Waals surface area contributed by atoms with Crippen LogP contribution in [0.3, 0.4) is 0 Å². The zero-order valence-corrected chi connectivity index (χ0v) is 17.5. The lowest BCUT2D eigenvalue weighted by atomic mass is 9.50. The van der Waals surface area contributed by atoms with E-state index in [4.69, 9.17) is 4.74 Å². The van der Waals surface area contributed by atoms with Gasteiger partial charge in [0.25, 0.3) is 0 Å². The number of aromatic nitrogens is 2. The van der Waals surface area contributed by atoms with Crippen LogP contribution >= 0.6 is 11.5 Å². The summed E-state index contributed by atoms with van der Waals surface area (Å²) in [6.45, 7) is 3.88. The molecule has 3 fully saturated rings. The Morgan fingerprint density at radius 3 is 2.85 bits per heavy atom. The predicted octanol–water partition coefficient (Wildman–Crippen LogP) is 3.23. The number of esters is 1. The molecular formula is C20H26N2O3S2. The molecule has 0 saturated heterocycles. The van der Waals surface area contributed by atoms with E-state index in [9.17, 15) is 9.00 Å². The second-order valence-electron chi connectivity index (χ2n) is 9.22. The smallest absolute Gasteiger partial charge is 0.302 e. The van der Waals surface area contributed by atoms with E-state index in [2.05, 4.69) is 16.5 Å². The molecule has 0 N–H and O–H groups in total. The van der Waals surface area contributed by atoms with Crippen LogP contribution in [-0.2, 0) is 27.2 Å². The first kappa shape index (κ1) is 18.0. The molecule has 0 spiro atoms. The number of hydrogen-bond donors (Lipinski definition) is 0. The Morgan fingerprint density at radius 1 is 1.22 bits per heavy atom. The number of ether oxygens (including phenoxy) is 1. The molecule has 0 unspecified atom stereocenters. The molecule has 0 aliphatic heterocycles. The summed E-state index contributed by atoms with van der Waals surface area (Å²) in [6, 6.07) is 0. The summed E-state index contributed by atoms with van der Waals surface area (Å²) in [5.74, 6) is 2.64. The Morgan fingerprint density at radius 2 is 2.07 bits per heavy atom. The van der Waals surface area contributed by atoms with Gasteiger partial charge in [-0.2, -0.15) is 0 Å². The number of rotatable bonds is 1. The SMILES string of the molecule is CC(=O)O[C@H]1CC[C@H]2[C@@H]3CC[C@H]4Cc5nnsc5C(=S=O)[C@@H]4[C@H]3CC[C@]12C. The Labute approximate surface area is 167 Å². The van der Waals surface area contributed by atoms with Gasteiger partial charge in [-0.3, -0.25) is 4.79 Å². The zero-order chi connectivity index (χ0) is 18.8. The van der Waals surface area contributed by atoms with Crippen molar-refractivity contribution in [2.45, 2.75) is 64.9 Å². The molecule has 7 heteroatoms. The van der Waals surface area contributed by atoms with E-state index < -0.39 is 0 Å². The van der Waals surface area contributed by atoms with Crippen molar-refractivity contribution in [3.05, 3.63) is 10.6 Å². The van der Waals surface area contributed by atoms with Gasteiger partial charge in [0.1, 0.15) is 6.10 Å². The largest absolute Gasteiger partial charge is 0.462 e. The average Bonchev–Trinajstić information content (AvgIpc) is 3.23. The highest BCUT2D eigenvalue weighted by Gasteiger charge is 2.59. The number of nitrogens with zero attached hydrogens (tertiary/aromatic N) is 2. The van der Waals surface area contributed by atoms with E-state index in [0.29, 0.717) is 40.8 Å². The average molecular weight is 407 g/mol. The highest BCUT2D eigenvalue weighted by Crippen LogP contribution is 2.62. The molecular weight excluding hydrogens is 380 g/mol. The quantitative estimate of drug-likeness (QED) is 0.529. The van der Waals surface area contributed by atoms with Gasteiger partial charge in [-0.15, -0.1) is 5.10 Å². The molecule has 146 valence electrons. The minimum Gasteiger partial charge on any atom is -0.462 e. The van der Waals surface area contributed by atoms with Crippen molar-refractivity contribution in [2.24, 2.45) is 35.0 Å². The molecule has 4 aliphatic rings. The van der Waals surface area contributed by atoms with Gasteiger partial charge in [-0.05, 0) is 80.1 Å². The van der Waals surface area contributed by atoms with Crippen LogP contribution in [-0.4, -0.2) is 30.7 Å².